The number of carbonyl (C=O) groups is 3. The molecule has 6 heteroatoms. The molecule has 0 bridgehead atoms. The second kappa shape index (κ2) is 10.4. The Morgan fingerprint density at radius 2 is 1.46 bits per heavy atom. The van der Waals surface area contributed by atoms with Gasteiger partial charge in [-0.25, -0.2) is 4.79 Å². The summed E-state index contributed by atoms with van der Waals surface area (Å²) in [5, 5.41) is 2.84. The van der Waals surface area contributed by atoms with Crippen LogP contribution < -0.4 is 5.32 Å². The molecule has 28 heavy (non-hydrogen) atoms. The Labute approximate surface area is 164 Å². The summed E-state index contributed by atoms with van der Waals surface area (Å²) >= 11 is 0. The van der Waals surface area contributed by atoms with Crippen LogP contribution in [-0.4, -0.2) is 36.9 Å². The van der Waals surface area contributed by atoms with Gasteiger partial charge in [0, 0.05) is 5.56 Å². The lowest BCUT2D eigenvalue weighted by Crippen LogP contribution is -2.54. The predicted octanol–water partition coefficient (Wildman–Crippen LogP) is 2.77. The molecule has 2 aromatic rings. The molecule has 0 saturated carbocycles. The number of carbonyl (C=O) groups excluding carboxylic acids is 3. The van der Waals surface area contributed by atoms with Gasteiger partial charge in [0.05, 0.1) is 7.11 Å². The molecule has 0 aliphatic carbocycles. The molecule has 2 aromatic carbocycles. The molecule has 0 aliphatic heterocycles. The highest BCUT2D eigenvalue weighted by Gasteiger charge is 2.35. The van der Waals surface area contributed by atoms with Crippen molar-refractivity contribution in [1.82, 2.24) is 5.32 Å². The van der Waals surface area contributed by atoms with Gasteiger partial charge in [0.2, 0.25) is 0 Å². The van der Waals surface area contributed by atoms with Gasteiger partial charge < -0.3 is 9.47 Å². The average molecular weight is 383 g/mol. The molecule has 0 radical (unpaired) electrons. The highest BCUT2D eigenvalue weighted by atomic mass is 16.5. The van der Waals surface area contributed by atoms with Crippen LogP contribution in [-0.2, 0) is 25.7 Å². The van der Waals surface area contributed by atoms with E-state index < -0.39 is 29.8 Å². The van der Waals surface area contributed by atoms with Crippen molar-refractivity contribution >= 4 is 17.7 Å². The Kier molecular flexibility index (Phi) is 7.89. The average Bonchev–Trinajstić information content (AvgIpc) is 2.73. The minimum Gasteiger partial charge on any atom is -0.468 e. The molecule has 0 saturated heterocycles. The van der Waals surface area contributed by atoms with Crippen molar-refractivity contribution in [2.24, 2.45) is 5.92 Å². The van der Waals surface area contributed by atoms with Gasteiger partial charge in [-0.3, -0.25) is 14.9 Å². The lowest BCUT2D eigenvalue weighted by molar-refractivity contribution is -0.148. The van der Waals surface area contributed by atoms with E-state index in [1.165, 1.54) is 7.11 Å². The smallest absolute Gasteiger partial charge is 0.331 e. The van der Waals surface area contributed by atoms with Crippen LogP contribution in [0.4, 0.5) is 0 Å². The van der Waals surface area contributed by atoms with Crippen molar-refractivity contribution in [1.29, 1.82) is 0 Å². The highest BCUT2D eigenvalue weighted by molar-refractivity contribution is 6.12. The quantitative estimate of drug-likeness (QED) is 0.407. The van der Waals surface area contributed by atoms with Gasteiger partial charge in [-0.15, -0.1) is 0 Å². The Bertz CT molecular complexity index is 789. The van der Waals surface area contributed by atoms with Crippen molar-refractivity contribution in [3.63, 3.8) is 0 Å². The van der Waals surface area contributed by atoms with Crippen molar-refractivity contribution < 1.29 is 23.9 Å². The van der Waals surface area contributed by atoms with Crippen molar-refractivity contribution in [3.05, 3.63) is 71.8 Å². The summed E-state index contributed by atoms with van der Waals surface area (Å²) < 4.78 is 10.2. The summed E-state index contributed by atoms with van der Waals surface area (Å²) in [5.74, 6) is -1.95. The second-order valence-corrected chi connectivity index (χ2v) is 6.67. The third-order valence-electron chi connectivity index (χ3n) is 4.25. The third kappa shape index (κ3) is 5.76. The van der Waals surface area contributed by atoms with E-state index in [-0.39, 0.29) is 12.5 Å². The van der Waals surface area contributed by atoms with Crippen LogP contribution in [0.1, 0.15) is 29.8 Å². The SMILES string of the molecule is COC(=O)C(NC(C(=O)OCc1ccccc1)C(=O)c1ccccc1)C(C)C. The number of methoxy groups -OCH3 is 1. The number of rotatable bonds is 9. The molecular weight excluding hydrogens is 358 g/mol. The number of esters is 2. The van der Waals surface area contributed by atoms with Gasteiger partial charge in [0.15, 0.2) is 11.8 Å². The van der Waals surface area contributed by atoms with Crippen LogP contribution in [0.3, 0.4) is 0 Å². The molecule has 1 N–H and O–H groups in total. The van der Waals surface area contributed by atoms with Crippen LogP contribution in [0.25, 0.3) is 0 Å². The molecule has 6 nitrogen and oxygen atoms in total. The fourth-order valence-electron chi connectivity index (χ4n) is 2.67. The molecule has 0 spiro atoms. The van der Waals surface area contributed by atoms with Crippen LogP contribution in [0.5, 0.6) is 0 Å². The zero-order valence-corrected chi connectivity index (χ0v) is 16.3. The number of Topliss-reactive ketones (excluding diaryl/α,β-unsaturated/α-hetero) is 1. The zero-order chi connectivity index (χ0) is 20.5. The maximum atomic E-state index is 13.0. The summed E-state index contributed by atoms with van der Waals surface area (Å²) in [6, 6.07) is 15.4. The van der Waals surface area contributed by atoms with Crippen molar-refractivity contribution in [2.75, 3.05) is 7.11 Å². The highest BCUT2D eigenvalue weighted by Crippen LogP contribution is 2.11. The third-order valence-corrected chi connectivity index (χ3v) is 4.25. The minimum absolute atomic E-state index is 0.0322. The first kappa shape index (κ1) is 21.3. The zero-order valence-electron chi connectivity index (χ0n) is 16.3. The standard InChI is InChI=1S/C22H25NO5/c1-15(2)18(21(25)27-3)23-19(20(24)17-12-8-5-9-13-17)22(26)28-14-16-10-6-4-7-11-16/h4-13,15,18-19,23H,14H2,1-3H3. The normalized spacial score (nSPS) is 12.9. The molecule has 0 aliphatic rings. The van der Waals surface area contributed by atoms with E-state index in [4.69, 9.17) is 9.47 Å². The molecule has 0 aromatic heterocycles. The Morgan fingerprint density at radius 3 is 2.00 bits per heavy atom. The molecular formula is C22H25NO5. The van der Waals surface area contributed by atoms with Gasteiger partial charge in [-0.1, -0.05) is 74.5 Å². The number of hydrogen-bond donors (Lipinski definition) is 1. The molecule has 0 heterocycles. The van der Waals surface area contributed by atoms with E-state index in [1.54, 1.807) is 44.2 Å². The number of ketones is 1. The predicted molar refractivity (Wildman–Crippen MR) is 105 cm³/mol. The fraction of sp³-hybridized carbons (Fsp3) is 0.318. The molecule has 2 atom stereocenters. The Balaban J connectivity index is 2.22. The minimum atomic E-state index is -1.32. The molecule has 2 rings (SSSR count). The monoisotopic (exact) mass is 383 g/mol. The molecule has 2 unspecified atom stereocenters. The first-order chi connectivity index (χ1) is 13.4. The lowest BCUT2D eigenvalue weighted by Gasteiger charge is -2.25. The van der Waals surface area contributed by atoms with Gasteiger partial charge in [0.25, 0.3) is 0 Å². The van der Waals surface area contributed by atoms with Gasteiger partial charge in [-0.05, 0) is 11.5 Å². The van der Waals surface area contributed by atoms with Crippen molar-refractivity contribution in [2.45, 2.75) is 32.5 Å². The van der Waals surface area contributed by atoms with Gasteiger partial charge in [-0.2, -0.15) is 0 Å². The topological polar surface area (TPSA) is 81.7 Å². The van der Waals surface area contributed by atoms with E-state index in [0.29, 0.717) is 5.56 Å². The summed E-state index contributed by atoms with van der Waals surface area (Å²) in [4.78, 5) is 37.8. The number of hydrogen-bond acceptors (Lipinski definition) is 6. The maximum absolute atomic E-state index is 13.0. The van der Waals surface area contributed by atoms with Gasteiger partial charge >= 0.3 is 11.9 Å². The van der Waals surface area contributed by atoms with E-state index in [1.807, 2.05) is 30.3 Å². The summed E-state index contributed by atoms with van der Waals surface area (Å²) in [6.45, 7) is 3.63. The molecule has 0 fully saturated rings. The van der Waals surface area contributed by atoms with Gasteiger partial charge in [0.1, 0.15) is 12.6 Å². The maximum Gasteiger partial charge on any atom is 0.331 e. The van der Waals surface area contributed by atoms with Crippen LogP contribution >= 0.6 is 0 Å². The Hall–Kier alpha value is -2.99. The van der Waals surface area contributed by atoms with E-state index in [9.17, 15) is 14.4 Å². The van der Waals surface area contributed by atoms with Crippen LogP contribution in [0.2, 0.25) is 0 Å². The summed E-state index contributed by atoms with van der Waals surface area (Å²) in [5.41, 5.74) is 1.15. The van der Waals surface area contributed by atoms with E-state index >= 15 is 0 Å². The first-order valence-corrected chi connectivity index (χ1v) is 9.07. The lowest BCUT2D eigenvalue weighted by atomic mass is 9.99. The first-order valence-electron chi connectivity index (χ1n) is 9.07. The van der Waals surface area contributed by atoms with Crippen LogP contribution in [0, 0.1) is 5.92 Å². The summed E-state index contributed by atoms with van der Waals surface area (Å²) in [6.07, 6.45) is 0. The Morgan fingerprint density at radius 1 is 0.893 bits per heavy atom. The van der Waals surface area contributed by atoms with Crippen molar-refractivity contribution in [3.8, 4) is 0 Å². The molecule has 0 amide bonds. The second-order valence-electron chi connectivity index (χ2n) is 6.67. The number of benzene rings is 2. The fourth-order valence-corrected chi connectivity index (χ4v) is 2.67. The van der Waals surface area contributed by atoms with E-state index in [0.717, 1.165) is 5.56 Å². The number of nitrogens with one attached hydrogen (secondary N) is 1. The summed E-state index contributed by atoms with van der Waals surface area (Å²) in [7, 11) is 1.27. The van der Waals surface area contributed by atoms with Crippen LogP contribution in [0.15, 0.2) is 60.7 Å². The number of ether oxygens (including phenoxy) is 2. The van der Waals surface area contributed by atoms with E-state index in [2.05, 4.69) is 5.32 Å². The largest absolute Gasteiger partial charge is 0.468 e. The molecule has 148 valence electrons.